The lowest BCUT2D eigenvalue weighted by molar-refractivity contribution is 0.406. The molecule has 0 amide bonds. The predicted octanol–water partition coefficient (Wildman–Crippen LogP) is 3.39. The molecule has 140 valence electrons. The maximum Gasteiger partial charge on any atom is 0.191 e. The number of hydrogen-bond acceptors (Lipinski definition) is 3. The van der Waals surface area contributed by atoms with Gasteiger partial charge in [-0.25, -0.2) is 0 Å². The lowest BCUT2D eigenvalue weighted by Crippen LogP contribution is -2.42. The predicted molar refractivity (Wildman–Crippen MR) is 108 cm³/mol. The van der Waals surface area contributed by atoms with Crippen molar-refractivity contribution in [1.82, 2.24) is 15.6 Å². The van der Waals surface area contributed by atoms with E-state index in [4.69, 9.17) is 4.74 Å². The Morgan fingerprint density at radius 1 is 1.23 bits per heavy atom. The van der Waals surface area contributed by atoms with E-state index in [0.29, 0.717) is 12.6 Å². The van der Waals surface area contributed by atoms with E-state index in [1.165, 1.54) is 5.56 Å². The summed E-state index contributed by atoms with van der Waals surface area (Å²) >= 11 is 0. The first-order valence-electron chi connectivity index (χ1n) is 9.05. The van der Waals surface area contributed by atoms with Crippen molar-refractivity contribution in [2.24, 2.45) is 4.99 Å². The van der Waals surface area contributed by atoms with Crippen LogP contribution < -0.4 is 15.4 Å². The first-order chi connectivity index (χ1) is 12.5. The lowest BCUT2D eigenvalue weighted by atomic mass is 10.1. The Morgan fingerprint density at radius 3 is 2.62 bits per heavy atom. The molecular formula is C21H30N4O. The number of pyridine rings is 1. The van der Waals surface area contributed by atoms with Gasteiger partial charge in [0.15, 0.2) is 5.96 Å². The molecule has 1 aromatic carbocycles. The van der Waals surface area contributed by atoms with Gasteiger partial charge in [-0.3, -0.25) is 9.98 Å². The van der Waals surface area contributed by atoms with Crippen molar-refractivity contribution in [2.45, 2.75) is 46.2 Å². The molecule has 5 nitrogen and oxygen atoms in total. The Kier molecular flexibility index (Phi) is 7.45. The van der Waals surface area contributed by atoms with E-state index in [9.17, 15) is 0 Å². The van der Waals surface area contributed by atoms with Crippen LogP contribution in [0.3, 0.4) is 0 Å². The minimum absolute atomic E-state index is 0.322. The van der Waals surface area contributed by atoms with Crippen LogP contribution in [0.1, 0.15) is 35.7 Å². The van der Waals surface area contributed by atoms with Crippen LogP contribution in [-0.4, -0.2) is 31.1 Å². The number of nitrogens with zero attached hydrogens (tertiary/aromatic N) is 2. The molecule has 0 spiro atoms. The second-order valence-electron chi connectivity index (χ2n) is 6.54. The first-order valence-corrected chi connectivity index (χ1v) is 9.05. The van der Waals surface area contributed by atoms with Crippen molar-refractivity contribution in [3.05, 3.63) is 58.9 Å². The third-order valence-corrected chi connectivity index (χ3v) is 4.49. The zero-order valence-corrected chi connectivity index (χ0v) is 16.5. The number of benzene rings is 1. The van der Waals surface area contributed by atoms with Crippen LogP contribution in [0.25, 0.3) is 0 Å². The van der Waals surface area contributed by atoms with Crippen molar-refractivity contribution in [1.29, 1.82) is 0 Å². The minimum atomic E-state index is 0.322. The SMILES string of the molecule is CN=C(NCc1ncc(C)c(OC)c1C)NC(C)CCc1ccccc1. The third-order valence-electron chi connectivity index (χ3n) is 4.49. The molecular weight excluding hydrogens is 324 g/mol. The second-order valence-corrected chi connectivity index (χ2v) is 6.54. The van der Waals surface area contributed by atoms with E-state index in [2.05, 4.69) is 51.8 Å². The van der Waals surface area contributed by atoms with Gasteiger partial charge in [0.05, 0.1) is 19.3 Å². The number of methoxy groups -OCH3 is 1. The van der Waals surface area contributed by atoms with Gasteiger partial charge >= 0.3 is 0 Å². The van der Waals surface area contributed by atoms with Crippen LogP contribution in [0.5, 0.6) is 5.75 Å². The van der Waals surface area contributed by atoms with Gasteiger partial charge < -0.3 is 15.4 Å². The molecule has 5 heteroatoms. The van der Waals surface area contributed by atoms with Gasteiger partial charge in [-0.15, -0.1) is 0 Å². The Morgan fingerprint density at radius 2 is 1.96 bits per heavy atom. The highest BCUT2D eigenvalue weighted by Crippen LogP contribution is 2.23. The highest BCUT2D eigenvalue weighted by Gasteiger charge is 2.11. The van der Waals surface area contributed by atoms with E-state index in [1.807, 2.05) is 26.1 Å². The lowest BCUT2D eigenvalue weighted by Gasteiger charge is -2.19. The fraction of sp³-hybridized carbons (Fsp3) is 0.429. The number of hydrogen-bond donors (Lipinski definition) is 2. The zero-order valence-electron chi connectivity index (χ0n) is 16.5. The van der Waals surface area contributed by atoms with Crippen LogP contribution in [0.4, 0.5) is 0 Å². The summed E-state index contributed by atoms with van der Waals surface area (Å²) < 4.78 is 5.47. The molecule has 0 radical (unpaired) electrons. The summed E-state index contributed by atoms with van der Waals surface area (Å²) in [5.41, 5.74) is 4.43. The number of rotatable bonds is 7. The molecule has 1 heterocycles. The van der Waals surface area contributed by atoms with Gasteiger partial charge in [-0.2, -0.15) is 0 Å². The highest BCUT2D eigenvalue weighted by atomic mass is 16.5. The largest absolute Gasteiger partial charge is 0.496 e. The van der Waals surface area contributed by atoms with Crippen LogP contribution >= 0.6 is 0 Å². The van der Waals surface area contributed by atoms with Crippen LogP contribution in [0.2, 0.25) is 0 Å². The van der Waals surface area contributed by atoms with Gasteiger partial charge in [0.25, 0.3) is 0 Å². The fourth-order valence-electron chi connectivity index (χ4n) is 2.94. The Labute approximate surface area is 156 Å². The van der Waals surface area contributed by atoms with Crippen LogP contribution in [0.15, 0.2) is 41.5 Å². The summed E-state index contributed by atoms with van der Waals surface area (Å²) in [6.45, 7) is 6.82. The Hall–Kier alpha value is -2.56. The van der Waals surface area contributed by atoms with E-state index in [0.717, 1.165) is 41.4 Å². The van der Waals surface area contributed by atoms with E-state index in [1.54, 1.807) is 14.2 Å². The number of aromatic nitrogens is 1. The summed E-state index contributed by atoms with van der Waals surface area (Å²) in [5.74, 6) is 1.68. The summed E-state index contributed by atoms with van der Waals surface area (Å²) in [6, 6.07) is 10.9. The molecule has 0 aliphatic rings. The summed E-state index contributed by atoms with van der Waals surface area (Å²) in [5, 5.41) is 6.79. The van der Waals surface area contributed by atoms with Gasteiger partial charge in [0, 0.05) is 30.4 Å². The number of guanidine groups is 1. The van der Waals surface area contributed by atoms with Crippen molar-refractivity contribution in [2.75, 3.05) is 14.2 Å². The smallest absolute Gasteiger partial charge is 0.191 e. The quantitative estimate of drug-likeness (QED) is 0.591. The molecule has 1 atom stereocenters. The first kappa shape index (κ1) is 19.8. The molecule has 0 fully saturated rings. The van der Waals surface area contributed by atoms with Gasteiger partial charge in [-0.1, -0.05) is 30.3 Å². The van der Waals surface area contributed by atoms with Crippen LogP contribution in [-0.2, 0) is 13.0 Å². The maximum absolute atomic E-state index is 5.47. The molecule has 2 rings (SSSR count). The van der Waals surface area contributed by atoms with Crippen molar-refractivity contribution in [3.8, 4) is 5.75 Å². The summed E-state index contributed by atoms with van der Waals surface area (Å²) in [7, 11) is 3.48. The zero-order chi connectivity index (χ0) is 18.9. The molecule has 2 N–H and O–H groups in total. The topological polar surface area (TPSA) is 58.5 Å². The molecule has 2 aromatic rings. The van der Waals surface area contributed by atoms with Gasteiger partial charge in [0.1, 0.15) is 5.75 Å². The van der Waals surface area contributed by atoms with Crippen molar-refractivity contribution in [3.63, 3.8) is 0 Å². The van der Waals surface area contributed by atoms with Crippen molar-refractivity contribution >= 4 is 5.96 Å². The Balaban J connectivity index is 1.88. The highest BCUT2D eigenvalue weighted by molar-refractivity contribution is 5.79. The number of aryl methyl sites for hydroxylation is 2. The molecule has 0 bridgehead atoms. The standard InChI is InChI=1S/C21H30N4O/c1-15-13-23-19(17(3)20(15)26-5)14-24-21(22-4)25-16(2)11-12-18-9-7-6-8-10-18/h6-10,13,16H,11-12,14H2,1-5H3,(H2,22,24,25). The van der Waals surface area contributed by atoms with Gasteiger partial charge in [-0.05, 0) is 39.2 Å². The van der Waals surface area contributed by atoms with Crippen molar-refractivity contribution < 1.29 is 4.74 Å². The monoisotopic (exact) mass is 354 g/mol. The molecule has 0 aliphatic heterocycles. The number of nitrogens with one attached hydrogen (secondary N) is 2. The minimum Gasteiger partial charge on any atom is -0.496 e. The number of aliphatic imine (C=N–C) groups is 1. The van der Waals surface area contributed by atoms with E-state index < -0.39 is 0 Å². The van der Waals surface area contributed by atoms with Crippen LogP contribution in [0, 0.1) is 13.8 Å². The second kappa shape index (κ2) is 9.80. The summed E-state index contributed by atoms with van der Waals surface area (Å²) in [6.07, 6.45) is 3.93. The van der Waals surface area contributed by atoms with E-state index in [-0.39, 0.29) is 0 Å². The number of ether oxygens (including phenoxy) is 1. The van der Waals surface area contributed by atoms with E-state index >= 15 is 0 Å². The maximum atomic E-state index is 5.47. The van der Waals surface area contributed by atoms with Gasteiger partial charge in [0.2, 0.25) is 0 Å². The Bertz CT molecular complexity index is 728. The average molecular weight is 354 g/mol. The summed E-state index contributed by atoms with van der Waals surface area (Å²) in [4.78, 5) is 8.85. The normalized spacial score (nSPS) is 12.6. The molecule has 0 aliphatic carbocycles. The molecule has 1 aromatic heterocycles. The molecule has 26 heavy (non-hydrogen) atoms. The molecule has 0 saturated heterocycles. The molecule has 0 saturated carbocycles. The third kappa shape index (κ3) is 5.48. The fourth-order valence-corrected chi connectivity index (χ4v) is 2.94. The molecule has 1 unspecified atom stereocenters. The average Bonchev–Trinajstić information content (AvgIpc) is 2.66.